The molecule has 104 valence electrons. The van der Waals surface area contributed by atoms with Crippen LogP contribution in [-0.4, -0.2) is 17.8 Å². The third-order valence-electron chi connectivity index (χ3n) is 3.16. The number of hydrogen-bond donors (Lipinski definition) is 1. The van der Waals surface area contributed by atoms with Crippen molar-refractivity contribution in [1.29, 1.82) is 0 Å². The Kier molecular flexibility index (Phi) is 3.51. The van der Waals surface area contributed by atoms with Crippen LogP contribution in [0, 0.1) is 5.82 Å². The van der Waals surface area contributed by atoms with Crippen molar-refractivity contribution in [2.45, 2.75) is 12.2 Å². The molecular formula is C15H12ClFO3. The number of ether oxygens (including phenoxy) is 2. The molecule has 1 N–H and O–H groups in total. The summed E-state index contributed by atoms with van der Waals surface area (Å²) in [5.41, 5.74) is 0.291. The Bertz CT molecular complexity index is 632. The van der Waals surface area contributed by atoms with Crippen LogP contribution in [0.4, 0.5) is 4.39 Å². The maximum absolute atomic E-state index is 13.3. The zero-order valence-electron chi connectivity index (χ0n) is 10.4. The molecule has 2 unspecified atom stereocenters. The van der Waals surface area contributed by atoms with E-state index in [1.807, 2.05) is 12.1 Å². The molecule has 0 aliphatic carbocycles. The lowest BCUT2D eigenvalue weighted by Gasteiger charge is -2.30. The van der Waals surface area contributed by atoms with Crippen LogP contribution < -0.4 is 9.47 Å². The molecule has 2 atom stereocenters. The van der Waals surface area contributed by atoms with E-state index in [9.17, 15) is 9.50 Å². The average Bonchev–Trinajstić information content (AvgIpc) is 2.48. The van der Waals surface area contributed by atoms with Crippen molar-refractivity contribution in [3.8, 4) is 11.5 Å². The normalized spacial score (nSPS) is 18.6. The Morgan fingerprint density at radius 1 is 1.20 bits per heavy atom. The Morgan fingerprint density at radius 3 is 2.75 bits per heavy atom. The first-order valence-electron chi connectivity index (χ1n) is 6.16. The van der Waals surface area contributed by atoms with Crippen molar-refractivity contribution in [3.63, 3.8) is 0 Å². The van der Waals surface area contributed by atoms with E-state index in [1.165, 1.54) is 18.2 Å². The second-order valence-corrected chi connectivity index (χ2v) is 4.93. The average molecular weight is 295 g/mol. The van der Waals surface area contributed by atoms with Crippen molar-refractivity contribution < 1.29 is 19.0 Å². The fourth-order valence-electron chi connectivity index (χ4n) is 2.13. The van der Waals surface area contributed by atoms with Crippen molar-refractivity contribution in [3.05, 3.63) is 58.9 Å². The first-order chi connectivity index (χ1) is 9.65. The number of aliphatic hydroxyl groups is 1. The van der Waals surface area contributed by atoms with Crippen LogP contribution in [0.15, 0.2) is 42.5 Å². The quantitative estimate of drug-likeness (QED) is 0.923. The molecule has 0 aromatic heterocycles. The molecule has 2 aromatic carbocycles. The van der Waals surface area contributed by atoms with E-state index in [2.05, 4.69) is 0 Å². The highest BCUT2D eigenvalue weighted by molar-refractivity contribution is 6.31. The highest BCUT2D eigenvalue weighted by atomic mass is 35.5. The molecule has 3 rings (SSSR count). The summed E-state index contributed by atoms with van der Waals surface area (Å²) >= 11 is 5.99. The first kappa shape index (κ1) is 13.2. The fourth-order valence-corrected chi connectivity index (χ4v) is 2.36. The van der Waals surface area contributed by atoms with Crippen LogP contribution in [0.1, 0.15) is 11.7 Å². The van der Waals surface area contributed by atoms with Crippen LogP contribution >= 0.6 is 11.6 Å². The van der Waals surface area contributed by atoms with Crippen LogP contribution in [-0.2, 0) is 0 Å². The highest BCUT2D eigenvalue weighted by Gasteiger charge is 2.30. The Morgan fingerprint density at radius 2 is 1.95 bits per heavy atom. The summed E-state index contributed by atoms with van der Waals surface area (Å²) in [7, 11) is 0. The van der Waals surface area contributed by atoms with Crippen molar-refractivity contribution in [1.82, 2.24) is 0 Å². The maximum Gasteiger partial charge on any atom is 0.163 e. The molecule has 1 aliphatic heterocycles. The highest BCUT2D eigenvalue weighted by Crippen LogP contribution is 2.35. The van der Waals surface area contributed by atoms with Gasteiger partial charge >= 0.3 is 0 Å². The summed E-state index contributed by atoms with van der Waals surface area (Å²) in [5, 5.41) is 10.6. The van der Waals surface area contributed by atoms with Gasteiger partial charge in [0.25, 0.3) is 0 Å². The van der Waals surface area contributed by atoms with Crippen LogP contribution in [0.5, 0.6) is 11.5 Å². The van der Waals surface area contributed by atoms with Gasteiger partial charge in [-0.15, -0.1) is 0 Å². The van der Waals surface area contributed by atoms with Crippen LogP contribution in [0.25, 0.3) is 0 Å². The van der Waals surface area contributed by atoms with Gasteiger partial charge in [0, 0.05) is 10.6 Å². The van der Waals surface area contributed by atoms with E-state index < -0.39 is 18.0 Å². The summed E-state index contributed by atoms with van der Waals surface area (Å²) in [5.74, 6) is 0.720. The molecular weight excluding hydrogens is 283 g/mol. The summed E-state index contributed by atoms with van der Waals surface area (Å²) in [6, 6.07) is 11.0. The summed E-state index contributed by atoms with van der Waals surface area (Å²) in [6.07, 6.45) is -1.70. The van der Waals surface area contributed by atoms with Crippen molar-refractivity contribution in [2.75, 3.05) is 6.61 Å². The largest absolute Gasteiger partial charge is 0.486 e. The molecule has 0 spiro atoms. The third-order valence-corrected chi connectivity index (χ3v) is 3.50. The van der Waals surface area contributed by atoms with E-state index in [1.54, 1.807) is 12.1 Å². The summed E-state index contributed by atoms with van der Waals surface area (Å²) in [4.78, 5) is 0. The van der Waals surface area contributed by atoms with Gasteiger partial charge in [-0.25, -0.2) is 4.39 Å². The smallest absolute Gasteiger partial charge is 0.163 e. The van der Waals surface area contributed by atoms with E-state index >= 15 is 0 Å². The van der Waals surface area contributed by atoms with Gasteiger partial charge in [0.1, 0.15) is 18.5 Å². The topological polar surface area (TPSA) is 38.7 Å². The van der Waals surface area contributed by atoms with Gasteiger partial charge in [-0.2, -0.15) is 0 Å². The molecule has 0 amide bonds. The molecule has 1 aliphatic rings. The number of para-hydroxylation sites is 2. The Labute approximate surface area is 120 Å². The minimum absolute atomic E-state index is 0.172. The zero-order chi connectivity index (χ0) is 14.1. The predicted octanol–water partition coefficient (Wildman–Crippen LogP) is 3.35. The van der Waals surface area contributed by atoms with E-state index in [0.29, 0.717) is 22.1 Å². The lowest BCUT2D eigenvalue weighted by molar-refractivity contribution is -0.0113. The maximum atomic E-state index is 13.3. The Hall–Kier alpha value is -1.78. The molecule has 3 nitrogen and oxygen atoms in total. The second-order valence-electron chi connectivity index (χ2n) is 4.52. The minimum atomic E-state index is -1.06. The number of benzene rings is 2. The SMILES string of the molecule is OC(c1cc(F)ccc1Cl)C1COc2ccccc2O1. The molecule has 0 saturated carbocycles. The van der Waals surface area contributed by atoms with Crippen molar-refractivity contribution in [2.24, 2.45) is 0 Å². The molecule has 5 heteroatoms. The van der Waals surface area contributed by atoms with E-state index in [-0.39, 0.29) is 6.61 Å². The van der Waals surface area contributed by atoms with E-state index in [0.717, 1.165) is 0 Å². The fraction of sp³-hybridized carbons (Fsp3) is 0.200. The summed E-state index contributed by atoms with van der Waals surface area (Å²) < 4.78 is 24.5. The van der Waals surface area contributed by atoms with Crippen LogP contribution in [0.2, 0.25) is 5.02 Å². The summed E-state index contributed by atoms with van der Waals surface area (Å²) in [6.45, 7) is 0.172. The molecule has 0 radical (unpaired) electrons. The van der Waals surface area contributed by atoms with Gasteiger partial charge in [0.05, 0.1) is 0 Å². The predicted molar refractivity (Wildman–Crippen MR) is 72.7 cm³/mol. The Balaban J connectivity index is 1.85. The van der Waals surface area contributed by atoms with Gasteiger partial charge in [-0.3, -0.25) is 0 Å². The minimum Gasteiger partial charge on any atom is -0.486 e. The molecule has 2 aromatic rings. The number of fused-ring (bicyclic) bond motifs is 1. The number of rotatable bonds is 2. The lowest BCUT2D eigenvalue weighted by Crippen LogP contribution is -2.35. The van der Waals surface area contributed by atoms with Gasteiger partial charge in [0.15, 0.2) is 17.6 Å². The molecule has 0 fully saturated rings. The monoisotopic (exact) mass is 294 g/mol. The van der Waals surface area contributed by atoms with E-state index in [4.69, 9.17) is 21.1 Å². The van der Waals surface area contributed by atoms with Gasteiger partial charge in [-0.1, -0.05) is 23.7 Å². The van der Waals surface area contributed by atoms with Crippen LogP contribution in [0.3, 0.4) is 0 Å². The molecule has 20 heavy (non-hydrogen) atoms. The van der Waals surface area contributed by atoms with Gasteiger partial charge in [-0.05, 0) is 30.3 Å². The number of hydrogen-bond acceptors (Lipinski definition) is 3. The van der Waals surface area contributed by atoms with Gasteiger partial charge < -0.3 is 14.6 Å². The zero-order valence-corrected chi connectivity index (χ0v) is 11.2. The lowest BCUT2D eigenvalue weighted by atomic mass is 10.0. The molecule has 0 bridgehead atoms. The molecule has 1 heterocycles. The standard InChI is InChI=1S/C15H12ClFO3/c16-11-6-5-9(17)7-10(11)15(18)14-8-19-12-3-1-2-4-13(12)20-14/h1-7,14-15,18H,8H2. The third kappa shape index (κ3) is 2.44. The van der Waals surface area contributed by atoms with Crippen molar-refractivity contribution >= 4 is 11.6 Å². The second kappa shape index (κ2) is 5.31. The first-order valence-corrected chi connectivity index (χ1v) is 6.54. The molecule has 0 saturated heterocycles. The number of aliphatic hydroxyl groups excluding tert-OH is 1. The van der Waals surface area contributed by atoms with Gasteiger partial charge in [0.2, 0.25) is 0 Å². The number of halogens is 2.